The van der Waals surface area contributed by atoms with Crippen molar-refractivity contribution in [1.29, 1.82) is 0 Å². The molecule has 2 nitrogen and oxygen atoms in total. The van der Waals surface area contributed by atoms with E-state index in [2.05, 4.69) is 23.5 Å². The zero-order chi connectivity index (χ0) is 10.8. The highest BCUT2D eigenvalue weighted by Gasteiger charge is 2.30. The van der Waals surface area contributed by atoms with Crippen molar-refractivity contribution in [1.82, 2.24) is 9.55 Å². The third kappa shape index (κ3) is 2.36. The van der Waals surface area contributed by atoms with E-state index in [9.17, 15) is 0 Å². The van der Waals surface area contributed by atoms with Crippen molar-refractivity contribution >= 4 is 11.6 Å². The van der Waals surface area contributed by atoms with Crippen LogP contribution in [0.1, 0.15) is 32.0 Å². The predicted molar refractivity (Wildman–Crippen MR) is 63.1 cm³/mol. The number of alkyl halides is 1. The summed E-state index contributed by atoms with van der Waals surface area (Å²) >= 11 is 6.23. The molecule has 3 atom stereocenters. The molecule has 0 aliphatic heterocycles. The minimum Gasteiger partial charge on any atom is -0.338 e. The van der Waals surface area contributed by atoms with Crippen molar-refractivity contribution in [3.05, 3.63) is 18.2 Å². The second-order valence-electron chi connectivity index (χ2n) is 4.71. The van der Waals surface area contributed by atoms with Crippen LogP contribution in [0.5, 0.6) is 0 Å². The first-order chi connectivity index (χ1) is 7.18. The number of aromatic nitrogens is 2. The maximum Gasteiger partial charge on any atom is 0.108 e. The Bertz CT molecular complexity index is 321. The molecule has 1 aliphatic carbocycles. The molecule has 3 unspecified atom stereocenters. The van der Waals surface area contributed by atoms with E-state index in [1.165, 1.54) is 25.1 Å². The van der Waals surface area contributed by atoms with Gasteiger partial charge in [-0.15, -0.1) is 11.6 Å². The molecule has 0 spiro atoms. The molecule has 0 radical (unpaired) electrons. The van der Waals surface area contributed by atoms with Crippen molar-refractivity contribution in [2.24, 2.45) is 18.9 Å². The van der Waals surface area contributed by atoms with Gasteiger partial charge in [-0.05, 0) is 31.1 Å². The Labute approximate surface area is 96.7 Å². The molecule has 1 aromatic heterocycles. The molecule has 15 heavy (non-hydrogen) atoms. The SMILES string of the molecule is CC1C(Cl)CCC1CCc1nccn1C. The van der Waals surface area contributed by atoms with Crippen LogP contribution in [-0.4, -0.2) is 14.9 Å². The smallest absolute Gasteiger partial charge is 0.108 e. The van der Waals surface area contributed by atoms with Gasteiger partial charge >= 0.3 is 0 Å². The van der Waals surface area contributed by atoms with E-state index in [-0.39, 0.29) is 0 Å². The molecule has 1 saturated carbocycles. The van der Waals surface area contributed by atoms with Crippen molar-refractivity contribution in [2.75, 3.05) is 0 Å². The molecule has 0 aromatic carbocycles. The molecule has 0 bridgehead atoms. The molecular formula is C12H19ClN2. The highest BCUT2D eigenvalue weighted by atomic mass is 35.5. The molecular weight excluding hydrogens is 208 g/mol. The Morgan fingerprint density at radius 1 is 1.53 bits per heavy atom. The zero-order valence-corrected chi connectivity index (χ0v) is 10.2. The third-order valence-corrected chi connectivity index (χ3v) is 4.40. The van der Waals surface area contributed by atoms with Crippen LogP contribution in [0, 0.1) is 11.8 Å². The van der Waals surface area contributed by atoms with Crippen LogP contribution in [0.2, 0.25) is 0 Å². The first-order valence-corrected chi connectivity index (χ1v) is 6.22. The second-order valence-corrected chi connectivity index (χ2v) is 5.27. The number of rotatable bonds is 3. The molecule has 1 aliphatic rings. The molecule has 1 heterocycles. The van der Waals surface area contributed by atoms with Crippen molar-refractivity contribution in [3.63, 3.8) is 0 Å². The molecule has 0 saturated heterocycles. The Kier molecular flexibility index (Phi) is 3.35. The van der Waals surface area contributed by atoms with Crippen LogP contribution in [-0.2, 0) is 13.5 Å². The van der Waals surface area contributed by atoms with Gasteiger partial charge in [-0.3, -0.25) is 0 Å². The molecule has 2 rings (SSSR count). The fourth-order valence-electron chi connectivity index (χ4n) is 2.55. The van der Waals surface area contributed by atoms with Gasteiger partial charge in [0.1, 0.15) is 5.82 Å². The average molecular weight is 227 g/mol. The molecule has 0 amide bonds. The van der Waals surface area contributed by atoms with Crippen molar-refractivity contribution < 1.29 is 0 Å². The average Bonchev–Trinajstić information content (AvgIpc) is 2.74. The first-order valence-electron chi connectivity index (χ1n) is 5.78. The summed E-state index contributed by atoms with van der Waals surface area (Å²) in [7, 11) is 2.06. The molecule has 1 aromatic rings. The number of hydrogen-bond acceptors (Lipinski definition) is 1. The van der Waals surface area contributed by atoms with Gasteiger partial charge in [0.25, 0.3) is 0 Å². The zero-order valence-electron chi connectivity index (χ0n) is 9.49. The number of halogens is 1. The maximum atomic E-state index is 6.23. The van der Waals surface area contributed by atoms with E-state index in [4.69, 9.17) is 11.6 Å². The Balaban J connectivity index is 1.86. The number of nitrogens with zero attached hydrogens (tertiary/aromatic N) is 2. The number of hydrogen-bond donors (Lipinski definition) is 0. The van der Waals surface area contributed by atoms with Crippen molar-refractivity contribution in [2.45, 2.75) is 38.0 Å². The maximum absolute atomic E-state index is 6.23. The van der Waals surface area contributed by atoms with Crippen LogP contribution in [0.15, 0.2) is 12.4 Å². The van der Waals surface area contributed by atoms with Crippen LogP contribution >= 0.6 is 11.6 Å². The van der Waals surface area contributed by atoms with Gasteiger partial charge < -0.3 is 4.57 Å². The molecule has 3 heteroatoms. The fraction of sp³-hybridized carbons (Fsp3) is 0.750. The van der Waals surface area contributed by atoms with Gasteiger partial charge in [0.2, 0.25) is 0 Å². The van der Waals surface area contributed by atoms with E-state index in [0.29, 0.717) is 11.3 Å². The summed E-state index contributed by atoms with van der Waals surface area (Å²) in [6.07, 6.45) is 8.68. The van der Waals surface area contributed by atoms with Crippen LogP contribution < -0.4 is 0 Å². The summed E-state index contributed by atoms with van der Waals surface area (Å²) in [4.78, 5) is 4.35. The second kappa shape index (κ2) is 4.56. The summed E-state index contributed by atoms with van der Waals surface area (Å²) < 4.78 is 2.11. The largest absolute Gasteiger partial charge is 0.338 e. The van der Waals surface area contributed by atoms with Crippen LogP contribution in [0.25, 0.3) is 0 Å². The normalized spacial score (nSPS) is 31.0. The standard InChI is InChI=1S/C12H19ClN2/c1-9-10(3-5-11(9)13)4-6-12-14-7-8-15(12)2/h7-11H,3-6H2,1-2H3. The number of imidazole rings is 1. The summed E-state index contributed by atoms with van der Waals surface area (Å²) in [5.41, 5.74) is 0. The van der Waals surface area contributed by atoms with Gasteiger partial charge in [0.05, 0.1) is 0 Å². The van der Waals surface area contributed by atoms with Gasteiger partial charge in [0, 0.05) is 31.2 Å². The third-order valence-electron chi connectivity index (χ3n) is 3.79. The lowest BCUT2D eigenvalue weighted by atomic mass is 9.93. The van der Waals surface area contributed by atoms with Gasteiger partial charge in [-0.1, -0.05) is 6.92 Å². The predicted octanol–water partition coefficient (Wildman–Crippen LogP) is 3.01. The van der Waals surface area contributed by atoms with Crippen LogP contribution in [0.4, 0.5) is 0 Å². The highest BCUT2D eigenvalue weighted by molar-refractivity contribution is 6.20. The van der Waals surface area contributed by atoms with E-state index < -0.39 is 0 Å². The fourth-order valence-corrected chi connectivity index (χ4v) is 2.89. The number of aryl methyl sites for hydroxylation is 2. The summed E-state index contributed by atoms with van der Waals surface area (Å²) in [6.45, 7) is 2.29. The highest BCUT2D eigenvalue weighted by Crippen LogP contribution is 2.37. The lowest BCUT2D eigenvalue weighted by molar-refractivity contribution is 0.390. The summed E-state index contributed by atoms with van der Waals surface area (Å²) in [5.74, 6) is 2.66. The Morgan fingerprint density at radius 2 is 2.33 bits per heavy atom. The van der Waals surface area contributed by atoms with Crippen molar-refractivity contribution in [3.8, 4) is 0 Å². The molecule has 0 N–H and O–H groups in total. The molecule has 1 fully saturated rings. The quantitative estimate of drug-likeness (QED) is 0.725. The molecule has 84 valence electrons. The van der Waals surface area contributed by atoms with Gasteiger partial charge in [0.15, 0.2) is 0 Å². The van der Waals surface area contributed by atoms with E-state index in [1.807, 2.05) is 12.4 Å². The topological polar surface area (TPSA) is 17.8 Å². The first kappa shape index (κ1) is 11.0. The summed E-state index contributed by atoms with van der Waals surface area (Å²) in [6, 6.07) is 0. The lowest BCUT2D eigenvalue weighted by Gasteiger charge is -2.16. The Morgan fingerprint density at radius 3 is 2.87 bits per heavy atom. The summed E-state index contributed by atoms with van der Waals surface area (Å²) in [5, 5.41) is 0.399. The van der Waals surface area contributed by atoms with Gasteiger partial charge in [-0.2, -0.15) is 0 Å². The minimum absolute atomic E-state index is 0.399. The minimum atomic E-state index is 0.399. The monoisotopic (exact) mass is 226 g/mol. The Hall–Kier alpha value is -0.500. The van der Waals surface area contributed by atoms with Crippen LogP contribution in [0.3, 0.4) is 0 Å². The van der Waals surface area contributed by atoms with E-state index >= 15 is 0 Å². The lowest BCUT2D eigenvalue weighted by Crippen LogP contribution is -2.12. The van der Waals surface area contributed by atoms with E-state index in [1.54, 1.807) is 0 Å². The van der Waals surface area contributed by atoms with E-state index in [0.717, 1.165) is 12.3 Å². The van der Waals surface area contributed by atoms with Gasteiger partial charge in [-0.25, -0.2) is 4.98 Å².